The third-order valence-electron chi connectivity index (χ3n) is 6.06. The Bertz CT molecular complexity index is 1840. The number of allylic oxidation sites excluding steroid dienone is 1. The van der Waals surface area contributed by atoms with E-state index in [0.717, 1.165) is 33.2 Å². The highest BCUT2D eigenvalue weighted by Gasteiger charge is 2.28. The Morgan fingerprint density at radius 3 is 2.44 bits per heavy atom. The lowest BCUT2D eigenvalue weighted by Gasteiger charge is -2.39. The lowest BCUT2D eigenvalue weighted by Crippen LogP contribution is -2.43. The molecule has 15 heteroatoms. The van der Waals surface area contributed by atoms with Crippen LogP contribution in [0.25, 0.3) is 28.0 Å². The van der Waals surface area contributed by atoms with E-state index in [1.54, 1.807) is 36.9 Å². The Morgan fingerprint density at radius 2 is 1.81 bits per heavy atom. The minimum Gasteiger partial charge on any atom is -0.465 e. The van der Waals surface area contributed by atoms with Crippen molar-refractivity contribution >= 4 is 66.6 Å². The summed E-state index contributed by atoms with van der Waals surface area (Å²) in [6.07, 6.45) is 10.3. The highest BCUT2D eigenvalue weighted by Crippen LogP contribution is 2.32. The maximum atomic E-state index is 11.5. The number of nitrogens with one attached hydrogen (secondary N) is 2. The van der Waals surface area contributed by atoms with Crippen molar-refractivity contribution in [3.8, 4) is 22.4 Å². The molecular weight excluding hydrogens is 681 g/mol. The van der Waals surface area contributed by atoms with Crippen LogP contribution >= 0.6 is 39.1 Å². The third-order valence-corrected chi connectivity index (χ3v) is 7.84. The fourth-order valence-electron chi connectivity index (χ4n) is 4.13. The Labute approximate surface area is 267 Å². The van der Waals surface area contributed by atoms with Crippen LogP contribution in [0.2, 0.25) is 5.15 Å². The van der Waals surface area contributed by atoms with Gasteiger partial charge in [-0.15, -0.1) is 0 Å². The molecule has 0 aromatic carbocycles. The Balaban J connectivity index is 0.000000227. The summed E-state index contributed by atoms with van der Waals surface area (Å²) in [5, 5.41) is 11.5. The molecule has 0 radical (unpaired) electrons. The smallest absolute Gasteiger partial charge is 0.409 e. The third kappa shape index (κ3) is 8.25. The van der Waals surface area contributed by atoms with Gasteiger partial charge in [-0.1, -0.05) is 45.2 Å². The molecule has 5 rings (SSSR count). The van der Waals surface area contributed by atoms with Gasteiger partial charge in [-0.3, -0.25) is 19.4 Å². The number of halogens is 3. The fraction of sp³-hybridized carbons (Fsp3) is 0.214. The van der Waals surface area contributed by atoms with E-state index in [0.29, 0.717) is 23.0 Å². The maximum absolute atomic E-state index is 11.5. The van der Waals surface area contributed by atoms with Crippen molar-refractivity contribution in [2.24, 2.45) is 0 Å². The van der Waals surface area contributed by atoms with Crippen LogP contribution in [0.5, 0.6) is 0 Å². The molecule has 1 amide bonds. The van der Waals surface area contributed by atoms with Gasteiger partial charge >= 0.3 is 6.09 Å². The van der Waals surface area contributed by atoms with E-state index in [-0.39, 0.29) is 16.4 Å². The average molecular weight is 709 g/mol. The summed E-state index contributed by atoms with van der Waals surface area (Å²) in [5.41, 5.74) is 4.64. The molecule has 0 unspecified atom stereocenters. The predicted octanol–water partition coefficient (Wildman–Crippen LogP) is 6.54. The molecule has 5 heterocycles. The molecule has 4 aromatic rings. The van der Waals surface area contributed by atoms with Gasteiger partial charge in [0, 0.05) is 45.9 Å². The van der Waals surface area contributed by atoms with E-state index in [1.165, 1.54) is 0 Å². The molecule has 1 aliphatic heterocycles. The lowest BCUT2D eigenvalue weighted by molar-refractivity contribution is 0.193. The summed E-state index contributed by atoms with van der Waals surface area (Å²) in [6, 6.07) is 9.42. The Morgan fingerprint density at radius 1 is 1.07 bits per heavy atom. The molecule has 0 spiro atoms. The largest absolute Gasteiger partial charge is 0.465 e. The maximum Gasteiger partial charge on any atom is 0.409 e. The summed E-state index contributed by atoms with van der Waals surface area (Å²) < 4.78 is 28.2. The van der Waals surface area contributed by atoms with Gasteiger partial charge in [0.1, 0.15) is 10.8 Å². The molecule has 11 nitrogen and oxygen atoms in total. The molecule has 226 valence electrons. The number of hydrogen-bond acceptors (Lipinski definition) is 7. The molecule has 4 aromatic heterocycles. The monoisotopic (exact) mass is 707 g/mol. The van der Waals surface area contributed by atoms with Crippen molar-refractivity contribution in [2.45, 2.75) is 26.3 Å². The standard InChI is InChI=1S/C18H14ClN5O2S.C10H14BrClN2O2/c1-27(25,26)23-15-7-14(10-22-18(15)19)16-11-21-17-8-12(4-6-24(16)17)13-3-2-5-20-9-13;1-10(2,3)14-5-6(11)4-7(8(14)12)13-9(15)16/h2-11,23H,1H3;4,13H,5H2,1-3H3,(H,15,16). The Kier molecular flexibility index (Phi) is 9.70. The van der Waals surface area contributed by atoms with Crippen LogP contribution in [0.3, 0.4) is 0 Å². The fourth-order valence-corrected chi connectivity index (χ4v) is 5.79. The van der Waals surface area contributed by atoms with Gasteiger partial charge in [-0.2, -0.15) is 0 Å². The molecule has 43 heavy (non-hydrogen) atoms. The number of sulfonamides is 1. The molecular formula is C28H28BrCl2N7O4S. The van der Waals surface area contributed by atoms with E-state index >= 15 is 0 Å². The lowest BCUT2D eigenvalue weighted by atomic mass is 10.1. The quantitative estimate of drug-likeness (QED) is 0.157. The minimum absolute atomic E-state index is 0.0804. The van der Waals surface area contributed by atoms with Crippen molar-refractivity contribution < 1.29 is 18.3 Å². The predicted molar refractivity (Wildman–Crippen MR) is 173 cm³/mol. The number of amides is 1. The number of hydrogen-bond donors (Lipinski definition) is 3. The first kappa shape index (κ1) is 32.3. The molecule has 0 aliphatic carbocycles. The number of fused-ring (bicyclic) bond motifs is 1. The number of rotatable bonds is 5. The molecule has 0 saturated carbocycles. The Hall–Kier alpha value is -3.65. The first-order valence-electron chi connectivity index (χ1n) is 12.7. The van der Waals surface area contributed by atoms with Crippen molar-refractivity contribution in [2.75, 3.05) is 17.5 Å². The van der Waals surface area contributed by atoms with Gasteiger partial charge in [-0.05, 0) is 56.7 Å². The van der Waals surface area contributed by atoms with Gasteiger partial charge in [0.15, 0.2) is 5.15 Å². The van der Waals surface area contributed by atoms with Crippen molar-refractivity contribution in [3.63, 3.8) is 0 Å². The molecule has 3 N–H and O–H groups in total. The second-order valence-electron chi connectivity index (χ2n) is 10.4. The van der Waals surface area contributed by atoms with Gasteiger partial charge in [-0.25, -0.2) is 23.2 Å². The van der Waals surface area contributed by atoms with Gasteiger partial charge < -0.3 is 10.0 Å². The summed E-state index contributed by atoms with van der Waals surface area (Å²) in [5.74, 6) is 0. The zero-order chi connectivity index (χ0) is 31.5. The van der Waals surface area contributed by atoms with Crippen LogP contribution in [0.4, 0.5) is 10.5 Å². The molecule has 0 bridgehead atoms. The minimum atomic E-state index is -3.47. The van der Waals surface area contributed by atoms with Crippen LogP contribution < -0.4 is 10.0 Å². The molecule has 1 aliphatic rings. The molecule has 0 fully saturated rings. The zero-order valence-corrected chi connectivity index (χ0v) is 27.4. The number of anilines is 1. The van der Waals surface area contributed by atoms with Crippen molar-refractivity contribution in [1.82, 2.24) is 29.6 Å². The highest BCUT2D eigenvalue weighted by atomic mass is 79.9. The van der Waals surface area contributed by atoms with Crippen LogP contribution in [0.1, 0.15) is 20.8 Å². The average Bonchev–Trinajstić information content (AvgIpc) is 3.34. The summed E-state index contributed by atoms with van der Waals surface area (Å²) >= 11 is 15.5. The van der Waals surface area contributed by atoms with E-state index in [1.807, 2.05) is 60.5 Å². The van der Waals surface area contributed by atoms with Crippen molar-refractivity contribution in [1.29, 1.82) is 0 Å². The van der Waals surface area contributed by atoms with Crippen molar-refractivity contribution in [3.05, 3.63) is 87.9 Å². The van der Waals surface area contributed by atoms with E-state index in [4.69, 9.17) is 28.3 Å². The first-order valence-corrected chi connectivity index (χ1v) is 16.1. The molecule has 0 saturated heterocycles. The van der Waals surface area contributed by atoms with Crippen LogP contribution in [0, 0.1) is 0 Å². The van der Waals surface area contributed by atoms with Crippen LogP contribution in [0.15, 0.2) is 82.7 Å². The zero-order valence-electron chi connectivity index (χ0n) is 23.5. The van der Waals surface area contributed by atoms with Gasteiger partial charge in [0.25, 0.3) is 0 Å². The van der Waals surface area contributed by atoms with E-state index < -0.39 is 16.1 Å². The normalized spacial score (nSPS) is 13.7. The van der Waals surface area contributed by atoms with Crippen LogP contribution in [-0.2, 0) is 10.0 Å². The first-order chi connectivity index (χ1) is 20.1. The highest BCUT2D eigenvalue weighted by molar-refractivity contribution is 9.11. The summed E-state index contributed by atoms with van der Waals surface area (Å²) in [4.78, 5) is 25.2. The number of carboxylic acid groups (broad SMARTS) is 1. The SMILES string of the molecule is CC(C)(C)N1CC(Br)=CC(NC(=O)O)=C1Cl.CS(=O)(=O)Nc1cc(-c2cnc3cc(-c4cccnc4)ccn23)cnc1Cl. The summed E-state index contributed by atoms with van der Waals surface area (Å²) in [7, 11) is -3.47. The van der Waals surface area contributed by atoms with E-state index in [9.17, 15) is 13.2 Å². The van der Waals surface area contributed by atoms with Gasteiger partial charge in [0.2, 0.25) is 10.0 Å². The molecule has 0 atom stereocenters. The van der Waals surface area contributed by atoms with Gasteiger partial charge in [0.05, 0.1) is 36.1 Å². The number of carbonyl (C=O) groups is 1. The second-order valence-corrected chi connectivity index (χ2v) is 13.9. The number of pyridine rings is 3. The number of nitrogens with zero attached hydrogens (tertiary/aromatic N) is 5. The number of imidazole rings is 1. The summed E-state index contributed by atoms with van der Waals surface area (Å²) in [6.45, 7) is 6.67. The van der Waals surface area contributed by atoms with E-state index in [2.05, 4.69) is 40.9 Å². The number of aromatic nitrogens is 4. The van der Waals surface area contributed by atoms with Crippen LogP contribution in [-0.4, -0.2) is 62.2 Å². The second kappa shape index (κ2) is 12.9. The topological polar surface area (TPSA) is 142 Å².